The van der Waals surface area contributed by atoms with Crippen molar-refractivity contribution in [2.75, 3.05) is 10.0 Å². The highest BCUT2D eigenvalue weighted by Crippen LogP contribution is 2.25. The number of sulfonamides is 1. The number of aromatic nitrogens is 1. The number of benzene rings is 2. The molecule has 0 aliphatic heterocycles. The summed E-state index contributed by atoms with van der Waals surface area (Å²) in [6, 6.07) is 11.0. The summed E-state index contributed by atoms with van der Waals surface area (Å²) in [5.74, 6) is 0.00201. The van der Waals surface area contributed by atoms with E-state index in [1.807, 2.05) is 6.92 Å². The van der Waals surface area contributed by atoms with Crippen molar-refractivity contribution in [3.63, 3.8) is 0 Å². The van der Waals surface area contributed by atoms with Gasteiger partial charge in [0.2, 0.25) is 0 Å². The highest BCUT2D eigenvalue weighted by molar-refractivity contribution is 7.92. The van der Waals surface area contributed by atoms with Crippen LogP contribution in [0.5, 0.6) is 0 Å². The molecule has 7 nitrogen and oxygen atoms in total. The van der Waals surface area contributed by atoms with Crippen molar-refractivity contribution in [1.82, 2.24) is 5.16 Å². The minimum atomic E-state index is -3.87. The SMILES string of the molecule is CCc1noc(C)c1C(=O)Nc1ccc(C)c(S(=O)(=O)Nc2ccc(Cl)cc2)c1. The molecule has 0 unspecified atom stereocenters. The first kappa shape index (κ1) is 20.9. The average Bonchev–Trinajstić information content (AvgIpc) is 3.05. The summed E-state index contributed by atoms with van der Waals surface area (Å²) in [5.41, 5.74) is 2.18. The normalized spacial score (nSPS) is 11.3. The molecule has 9 heteroatoms. The smallest absolute Gasteiger partial charge is 0.262 e. The van der Waals surface area contributed by atoms with Gasteiger partial charge in [0.15, 0.2) is 0 Å². The molecule has 0 spiro atoms. The maximum Gasteiger partial charge on any atom is 0.262 e. The summed E-state index contributed by atoms with van der Waals surface area (Å²) >= 11 is 5.84. The quantitative estimate of drug-likeness (QED) is 0.593. The van der Waals surface area contributed by atoms with Crippen LogP contribution in [0.3, 0.4) is 0 Å². The number of hydrogen-bond acceptors (Lipinski definition) is 5. The van der Waals surface area contributed by atoms with Crippen LogP contribution in [-0.4, -0.2) is 19.5 Å². The Kier molecular flexibility index (Phi) is 5.95. The van der Waals surface area contributed by atoms with Gasteiger partial charge in [-0.1, -0.05) is 29.7 Å². The summed E-state index contributed by atoms with van der Waals surface area (Å²) in [5, 5.41) is 7.10. The van der Waals surface area contributed by atoms with Crippen LogP contribution >= 0.6 is 11.6 Å². The van der Waals surface area contributed by atoms with Crippen LogP contribution < -0.4 is 10.0 Å². The largest absolute Gasteiger partial charge is 0.361 e. The van der Waals surface area contributed by atoms with E-state index >= 15 is 0 Å². The monoisotopic (exact) mass is 433 g/mol. The van der Waals surface area contributed by atoms with Gasteiger partial charge in [-0.15, -0.1) is 0 Å². The Hall–Kier alpha value is -2.84. The van der Waals surface area contributed by atoms with E-state index in [1.54, 1.807) is 50.2 Å². The zero-order valence-corrected chi connectivity index (χ0v) is 17.7. The van der Waals surface area contributed by atoms with Crippen molar-refractivity contribution in [1.29, 1.82) is 0 Å². The number of carbonyl (C=O) groups is 1. The molecule has 0 fully saturated rings. The van der Waals surface area contributed by atoms with Crippen LogP contribution in [0.25, 0.3) is 0 Å². The van der Waals surface area contributed by atoms with Gasteiger partial charge in [0.05, 0.1) is 10.6 Å². The Morgan fingerprint density at radius 3 is 2.41 bits per heavy atom. The molecule has 3 rings (SSSR count). The number of nitrogens with one attached hydrogen (secondary N) is 2. The first-order valence-electron chi connectivity index (χ1n) is 8.87. The average molecular weight is 434 g/mol. The number of carbonyl (C=O) groups excluding carboxylic acids is 1. The third-order valence-corrected chi connectivity index (χ3v) is 6.10. The zero-order chi connectivity index (χ0) is 21.2. The molecule has 0 aliphatic carbocycles. The standard InChI is InChI=1S/C20H20ClN3O4S/c1-4-17-19(13(3)28-23-17)20(25)22-16-8-5-12(2)18(11-16)29(26,27)24-15-9-6-14(21)7-10-15/h5-11,24H,4H2,1-3H3,(H,22,25). The van der Waals surface area contributed by atoms with Crippen LogP contribution in [0.15, 0.2) is 51.9 Å². The highest BCUT2D eigenvalue weighted by Gasteiger charge is 2.21. The molecule has 3 aromatic rings. The molecule has 0 bridgehead atoms. The fourth-order valence-electron chi connectivity index (χ4n) is 2.84. The molecule has 2 N–H and O–H groups in total. The van der Waals surface area contributed by atoms with E-state index in [1.165, 1.54) is 6.07 Å². The lowest BCUT2D eigenvalue weighted by Gasteiger charge is -2.13. The number of rotatable bonds is 6. The summed E-state index contributed by atoms with van der Waals surface area (Å²) in [7, 11) is -3.87. The molecule has 2 aromatic carbocycles. The molecule has 0 aliphatic rings. The van der Waals surface area contributed by atoms with Crippen LogP contribution in [-0.2, 0) is 16.4 Å². The van der Waals surface area contributed by atoms with Crippen LogP contribution in [0.4, 0.5) is 11.4 Å². The van der Waals surface area contributed by atoms with Crippen LogP contribution in [0.1, 0.15) is 34.3 Å². The van der Waals surface area contributed by atoms with Crippen LogP contribution in [0, 0.1) is 13.8 Å². The summed E-state index contributed by atoms with van der Waals surface area (Å²) in [6.45, 7) is 5.20. The van der Waals surface area contributed by atoms with Crippen molar-refractivity contribution in [3.8, 4) is 0 Å². The maximum absolute atomic E-state index is 12.8. The van der Waals surface area contributed by atoms with Gasteiger partial charge in [-0.2, -0.15) is 0 Å². The lowest BCUT2D eigenvalue weighted by Crippen LogP contribution is -2.17. The van der Waals surface area contributed by atoms with Gasteiger partial charge in [0, 0.05) is 16.4 Å². The molecule has 1 heterocycles. The second-order valence-electron chi connectivity index (χ2n) is 6.46. The lowest BCUT2D eigenvalue weighted by molar-refractivity contribution is 0.102. The molecule has 1 aromatic heterocycles. The summed E-state index contributed by atoms with van der Waals surface area (Å²) in [4.78, 5) is 12.7. The van der Waals surface area contributed by atoms with Crippen LogP contribution in [0.2, 0.25) is 5.02 Å². The molecule has 0 saturated heterocycles. The van der Waals surface area contributed by atoms with Crippen molar-refractivity contribution < 1.29 is 17.7 Å². The number of anilines is 2. The minimum absolute atomic E-state index is 0.0583. The Morgan fingerprint density at radius 2 is 1.76 bits per heavy atom. The van der Waals surface area contributed by atoms with E-state index in [-0.39, 0.29) is 4.90 Å². The van der Waals surface area contributed by atoms with E-state index in [0.717, 1.165) is 0 Å². The van der Waals surface area contributed by atoms with Crippen molar-refractivity contribution in [3.05, 3.63) is 70.1 Å². The molecule has 1 amide bonds. The first-order valence-corrected chi connectivity index (χ1v) is 10.7. The number of hydrogen-bond donors (Lipinski definition) is 2. The Labute approximate surface area is 174 Å². The van der Waals surface area contributed by atoms with Gasteiger partial charge < -0.3 is 9.84 Å². The number of amides is 1. The Morgan fingerprint density at radius 1 is 1.10 bits per heavy atom. The Balaban J connectivity index is 1.88. The summed E-state index contributed by atoms with van der Waals surface area (Å²) in [6.07, 6.45) is 0.540. The first-order chi connectivity index (χ1) is 13.7. The molecular formula is C20H20ClN3O4S. The highest BCUT2D eigenvalue weighted by atomic mass is 35.5. The number of halogens is 1. The van der Waals surface area contributed by atoms with Gasteiger partial charge in [0.1, 0.15) is 11.3 Å². The molecular weight excluding hydrogens is 414 g/mol. The third kappa shape index (κ3) is 4.60. The van der Waals surface area contributed by atoms with E-state index in [9.17, 15) is 13.2 Å². The van der Waals surface area contributed by atoms with E-state index in [2.05, 4.69) is 15.2 Å². The predicted molar refractivity (Wildman–Crippen MR) is 112 cm³/mol. The molecule has 0 atom stereocenters. The third-order valence-electron chi connectivity index (χ3n) is 4.33. The van der Waals surface area contributed by atoms with Crippen molar-refractivity contribution in [2.24, 2.45) is 0 Å². The van der Waals surface area contributed by atoms with E-state index in [4.69, 9.17) is 16.1 Å². The predicted octanol–water partition coefficient (Wildman–Crippen LogP) is 4.56. The van der Waals surface area contributed by atoms with Gasteiger partial charge >= 0.3 is 0 Å². The topological polar surface area (TPSA) is 101 Å². The minimum Gasteiger partial charge on any atom is -0.361 e. The summed E-state index contributed by atoms with van der Waals surface area (Å²) < 4.78 is 33.3. The zero-order valence-electron chi connectivity index (χ0n) is 16.1. The number of aryl methyl sites for hydroxylation is 3. The number of nitrogens with zero attached hydrogens (tertiary/aromatic N) is 1. The van der Waals surface area contributed by atoms with E-state index < -0.39 is 15.9 Å². The van der Waals surface area contributed by atoms with E-state index in [0.29, 0.717) is 45.4 Å². The lowest BCUT2D eigenvalue weighted by atomic mass is 10.1. The fourth-order valence-corrected chi connectivity index (χ4v) is 4.30. The van der Waals surface area contributed by atoms with Gasteiger partial charge in [-0.3, -0.25) is 9.52 Å². The molecule has 0 saturated carbocycles. The van der Waals surface area contributed by atoms with Crippen molar-refractivity contribution >= 4 is 38.9 Å². The maximum atomic E-state index is 12.8. The second-order valence-corrected chi connectivity index (χ2v) is 8.55. The molecule has 152 valence electrons. The molecule has 0 radical (unpaired) electrons. The van der Waals surface area contributed by atoms with Gasteiger partial charge in [0.25, 0.3) is 15.9 Å². The van der Waals surface area contributed by atoms with Gasteiger partial charge in [-0.25, -0.2) is 8.42 Å². The van der Waals surface area contributed by atoms with Crippen molar-refractivity contribution in [2.45, 2.75) is 32.1 Å². The second kappa shape index (κ2) is 8.26. The molecule has 29 heavy (non-hydrogen) atoms. The fraction of sp³-hybridized carbons (Fsp3) is 0.200. The Bertz CT molecular complexity index is 1150. The van der Waals surface area contributed by atoms with Gasteiger partial charge in [-0.05, 0) is 62.2 Å².